The number of hydrogen-bond donors (Lipinski definition) is 2. The SMILES string of the molecule is CCC(CC)(CC)NCC(O)COC1CCCCC1. The van der Waals surface area contributed by atoms with Crippen LogP contribution in [-0.2, 0) is 4.74 Å². The monoisotopic (exact) mass is 271 g/mol. The van der Waals surface area contributed by atoms with Crippen LogP contribution < -0.4 is 5.32 Å². The van der Waals surface area contributed by atoms with E-state index in [1.807, 2.05) is 0 Å². The van der Waals surface area contributed by atoms with Gasteiger partial charge in [-0.15, -0.1) is 0 Å². The second kappa shape index (κ2) is 8.93. The molecule has 3 nitrogen and oxygen atoms in total. The fraction of sp³-hybridized carbons (Fsp3) is 1.00. The zero-order chi connectivity index (χ0) is 14.1. The van der Waals surface area contributed by atoms with E-state index < -0.39 is 0 Å². The van der Waals surface area contributed by atoms with Crippen molar-refractivity contribution in [2.24, 2.45) is 0 Å². The van der Waals surface area contributed by atoms with Gasteiger partial charge in [0.15, 0.2) is 0 Å². The summed E-state index contributed by atoms with van der Waals surface area (Å²) in [6.45, 7) is 7.76. The van der Waals surface area contributed by atoms with Gasteiger partial charge in [0.1, 0.15) is 0 Å². The Balaban J connectivity index is 2.20. The first-order valence-corrected chi connectivity index (χ1v) is 8.20. The summed E-state index contributed by atoms with van der Waals surface area (Å²) in [5.41, 5.74) is 0.186. The molecule has 1 aliphatic rings. The van der Waals surface area contributed by atoms with E-state index in [1.165, 1.54) is 32.1 Å². The Hall–Kier alpha value is -0.120. The van der Waals surface area contributed by atoms with E-state index in [2.05, 4.69) is 26.1 Å². The number of nitrogens with one attached hydrogen (secondary N) is 1. The lowest BCUT2D eigenvalue weighted by atomic mass is 9.89. The fourth-order valence-corrected chi connectivity index (χ4v) is 3.00. The average Bonchev–Trinajstić information content (AvgIpc) is 2.48. The number of β-amino-alcohol motifs (C(OH)–C–C–N with tert-alkyl or cyclic N) is 1. The van der Waals surface area contributed by atoms with Gasteiger partial charge in [0, 0.05) is 12.1 Å². The highest BCUT2D eigenvalue weighted by Gasteiger charge is 2.24. The topological polar surface area (TPSA) is 41.5 Å². The summed E-state index contributed by atoms with van der Waals surface area (Å²) in [6, 6.07) is 0. The van der Waals surface area contributed by atoms with Crippen molar-refractivity contribution in [3.05, 3.63) is 0 Å². The maximum absolute atomic E-state index is 10.0. The van der Waals surface area contributed by atoms with Crippen LogP contribution in [0.1, 0.15) is 72.1 Å². The quantitative estimate of drug-likeness (QED) is 0.676. The molecule has 2 N–H and O–H groups in total. The molecule has 19 heavy (non-hydrogen) atoms. The maximum atomic E-state index is 10.0. The molecule has 0 aromatic carbocycles. The fourth-order valence-electron chi connectivity index (χ4n) is 3.00. The van der Waals surface area contributed by atoms with Crippen LogP contribution in [0, 0.1) is 0 Å². The molecule has 0 bridgehead atoms. The first-order chi connectivity index (χ1) is 9.15. The van der Waals surface area contributed by atoms with Crippen LogP contribution in [0.3, 0.4) is 0 Å². The van der Waals surface area contributed by atoms with Crippen LogP contribution >= 0.6 is 0 Å². The van der Waals surface area contributed by atoms with Crippen LogP contribution in [0.4, 0.5) is 0 Å². The van der Waals surface area contributed by atoms with Gasteiger partial charge in [-0.1, -0.05) is 40.0 Å². The summed E-state index contributed by atoms with van der Waals surface area (Å²) in [5, 5.41) is 13.6. The van der Waals surface area contributed by atoms with Gasteiger partial charge >= 0.3 is 0 Å². The standard InChI is InChI=1S/C16H33NO2/c1-4-16(5-2,6-3)17-12-14(18)13-19-15-10-8-7-9-11-15/h14-15,17-18H,4-13H2,1-3H3. The minimum Gasteiger partial charge on any atom is -0.389 e. The van der Waals surface area contributed by atoms with Crippen LogP contribution in [-0.4, -0.2) is 36.0 Å². The molecule has 3 heteroatoms. The van der Waals surface area contributed by atoms with Gasteiger partial charge in [-0.25, -0.2) is 0 Å². The minimum absolute atomic E-state index is 0.186. The highest BCUT2D eigenvalue weighted by molar-refractivity contribution is 4.84. The van der Waals surface area contributed by atoms with Crippen molar-refractivity contribution in [2.75, 3.05) is 13.2 Å². The Morgan fingerprint density at radius 3 is 2.21 bits per heavy atom. The van der Waals surface area contributed by atoms with Gasteiger partial charge in [-0.2, -0.15) is 0 Å². The molecule has 0 aromatic heterocycles. The summed E-state index contributed by atoms with van der Waals surface area (Å²) in [5.74, 6) is 0. The van der Waals surface area contributed by atoms with Crippen LogP contribution in [0.2, 0.25) is 0 Å². The Kier molecular flexibility index (Phi) is 7.96. The van der Waals surface area contributed by atoms with Gasteiger partial charge in [0.2, 0.25) is 0 Å². The van der Waals surface area contributed by atoms with E-state index in [0.717, 1.165) is 19.3 Å². The van der Waals surface area contributed by atoms with Crippen molar-refractivity contribution < 1.29 is 9.84 Å². The highest BCUT2D eigenvalue weighted by atomic mass is 16.5. The molecule has 0 saturated heterocycles. The molecule has 0 heterocycles. The van der Waals surface area contributed by atoms with Crippen molar-refractivity contribution in [2.45, 2.75) is 89.9 Å². The molecule has 0 radical (unpaired) electrons. The summed E-state index contributed by atoms with van der Waals surface area (Å²) in [4.78, 5) is 0. The normalized spacial score (nSPS) is 19.6. The second-order valence-corrected chi connectivity index (χ2v) is 5.97. The van der Waals surface area contributed by atoms with Gasteiger partial charge in [-0.05, 0) is 32.1 Å². The Labute approximate surface area is 119 Å². The van der Waals surface area contributed by atoms with E-state index in [0.29, 0.717) is 19.3 Å². The summed E-state index contributed by atoms with van der Waals surface area (Å²) in [7, 11) is 0. The van der Waals surface area contributed by atoms with E-state index >= 15 is 0 Å². The first kappa shape index (κ1) is 16.9. The van der Waals surface area contributed by atoms with Gasteiger partial charge in [0.05, 0.1) is 18.8 Å². The zero-order valence-corrected chi connectivity index (χ0v) is 13.1. The molecule has 1 atom stereocenters. The lowest BCUT2D eigenvalue weighted by Crippen LogP contribution is -2.47. The molecule has 1 fully saturated rings. The second-order valence-electron chi connectivity index (χ2n) is 5.97. The number of aliphatic hydroxyl groups is 1. The van der Waals surface area contributed by atoms with Crippen LogP contribution in [0.15, 0.2) is 0 Å². The third-order valence-electron chi connectivity index (χ3n) is 4.82. The Morgan fingerprint density at radius 2 is 1.68 bits per heavy atom. The van der Waals surface area contributed by atoms with Gasteiger partial charge < -0.3 is 15.2 Å². The van der Waals surface area contributed by atoms with Crippen molar-refractivity contribution in [3.63, 3.8) is 0 Å². The smallest absolute Gasteiger partial charge is 0.0898 e. The van der Waals surface area contributed by atoms with E-state index in [4.69, 9.17) is 4.74 Å². The first-order valence-electron chi connectivity index (χ1n) is 8.20. The molecule has 1 saturated carbocycles. The lowest BCUT2D eigenvalue weighted by molar-refractivity contribution is -0.0252. The largest absolute Gasteiger partial charge is 0.389 e. The van der Waals surface area contributed by atoms with Crippen molar-refractivity contribution in [3.8, 4) is 0 Å². The van der Waals surface area contributed by atoms with Crippen molar-refractivity contribution in [1.29, 1.82) is 0 Å². The molecular formula is C16H33NO2. The Morgan fingerprint density at radius 1 is 1.11 bits per heavy atom. The molecule has 0 aliphatic heterocycles. The van der Waals surface area contributed by atoms with E-state index in [-0.39, 0.29) is 11.6 Å². The summed E-state index contributed by atoms with van der Waals surface area (Å²) < 4.78 is 5.82. The molecule has 0 spiro atoms. The molecular weight excluding hydrogens is 238 g/mol. The summed E-state index contributed by atoms with van der Waals surface area (Å²) >= 11 is 0. The number of rotatable bonds is 9. The molecule has 114 valence electrons. The average molecular weight is 271 g/mol. The number of hydrogen-bond acceptors (Lipinski definition) is 3. The molecule has 1 unspecified atom stereocenters. The minimum atomic E-state index is -0.383. The molecule has 0 aromatic rings. The van der Waals surface area contributed by atoms with Crippen LogP contribution in [0.5, 0.6) is 0 Å². The molecule has 0 amide bonds. The van der Waals surface area contributed by atoms with Crippen molar-refractivity contribution in [1.82, 2.24) is 5.32 Å². The van der Waals surface area contributed by atoms with Crippen molar-refractivity contribution >= 4 is 0 Å². The maximum Gasteiger partial charge on any atom is 0.0898 e. The van der Waals surface area contributed by atoms with Gasteiger partial charge in [0.25, 0.3) is 0 Å². The van der Waals surface area contributed by atoms with Crippen LogP contribution in [0.25, 0.3) is 0 Å². The Bertz CT molecular complexity index is 215. The zero-order valence-electron chi connectivity index (χ0n) is 13.1. The van der Waals surface area contributed by atoms with Gasteiger partial charge in [-0.3, -0.25) is 0 Å². The molecule has 1 aliphatic carbocycles. The molecule has 1 rings (SSSR count). The predicted octanol–water partition coefficient (Wildman–Crippen LogP) is 3.26. The lowest BCUT2D eigenvalue weighted by Gasteiger charge is -2.33. The third kappa shape index (κ3) is 5.80. The van der Waals surface area contributed by atoms with E-state index in [9.17, 15) is 5.11 Å². The van der Waals surface area contributed by atoms with E-state index in [1.54, 1.807) is 0 Å². The summed E-state index contributed by atoms with van der Waals surface area (Å²) in [6.07, 6.45) is 9.57. The highest BCUT2D eigenvalue weighted by Crippen LogP contribution is 2.21. The third-order valence-corrected chi connectivity index (χ3v) is 4.82. The predicted molar refractivity (Wildman–Crippen MR) is 80.4 cm³/mol. The number of aliphatic hydroxyl groups excluding tert-OH is 1. The number of ether oxygens (including phenoxy) is 1.